The van der Waals surface area contributed by atoms with Crippen LogP contribution >= 0.6 is 0 Å². The zero-order chi connectivity index (χ0) is 29.3. The number of phenols is 1. The smallest absolute Gasteiger partial charge is 0.338 e. The highest BCUT2D eigenvalue weighted by Gasteiger charge is 2.27. The topological polar surface area (TPSA) is 72.8 Å². The number of benzene rings is 3. The van der Waals surface area contributed by atoms with E-state index in [1.807, 2.05) is 36.4 Å². The van der Waals surface area contributed by atoms with Crippen LogP contribution in [0, 0.1) is 0 Å². The van der Waals surface area contributed by atoms with Crippen molar-refractivity contribution in [1.29, 1.82) is 0 Å². The number of phenolic OH excluding ortho intramolecular Hbond substituents is 1. The summed E-state index contributed by atoms with van der Waals surface area (Å²) in [6, 6.07) is 16.7. The third-order valence-electron chi connectivity index (χ3n) is 6.27. The van der Waals surface area contributed by atoms with Crippen LogP contribution in [0.2, 0.25) is 0 Å². The Balaban J connectivity index is 2.21. The number of ether oxygens (including phenoxy) is 2. The van der Waals surface area contributed by atoms with Gasteiger partial charge in [-0.2, -0.15) is 0 Å². The first-order valence-electron chi connectivity index (χ1n) is 12.9. The van der Waals surface area contributed by atoms with Gasteiger partial charge in [-0.25, -0.2) is 9.59 Å². The Labute approximate surface area is 231 Å². The number of rotatable bonds is 6. The number of hydrogen-bond acceptors (Lipinski definition) is 5. The third kappa shape index (κ3) is 7.05. The second kappa shape index (κ2) is 10.9. The van der Waals surface area contributed by atoms with Crippen molar-refractivity contribution in [2.24, 2.45) is 0 Å². The van der Waals surface area contributed by atoms with Gasteiger partial charge in [0.1, 0.15) is 17.2 Å². The summed E-state index contributed by atoms with van der Waals surface area (Å²) >= 11 is 0. The largest absolute Gasteiger partial charge is 0.507 e. The van der Waals surface area contributed by atoms with Gasteiger partial charge in [-0.15, -0.1) is 0 Å². The quantitative estimate of drug-likeness (QED) is 0.199. The second-order valence-corrected chi connectivity index (χ2v) is 12.0. The average molecular weight is 527 g/mol. The molecule has 0 bridgehead atoms. The Bertz CT molecular complexity index is 1410. The fraction of sp³-hybridized carbons (Fsp3) is 0.294. The maximum Gasteiger partial charge on any atom is 0.338 e. The lowest BCUT2D eigenvalue weighted by atomic mass is 9.77. The molecular formula is C34H38O5. The standard InChI is InChI=1S/C34H38O5/c1-20(2)31(36)38-26-13-11-22(12-14-26)23-15-24(17-27(16-23)39-32(37)21(3)4)25-18-28(33(5,6)7)30(35)29(19-25)34(8,9)10/h11-19,35H,1,3H2,2,4-10H3. The van der Waals surface area contributed by atoms with Crippen LogP contribution in [-0.4, -0.2) is 17.0 Å². The van der Waals surface area contributed by atoms with Gasteiger partial charge in [0.2, 0.25) is 0 Å². The molecule has 204 valence electrons. The van der Waals surface area contributed by atoms with Crippen LogP contribution in [0.5, 0.6) is 17.2 Å². The van der Waals surface area contributed by atoms with Gasteiger partial charge in [0.15, 0.2) is 0 Å². The van der Waals surface area contributed by atoms with Gasteiger partial charge >= 0.3 is 11.9 Å². The summed E-state index contributed by atoms with van der Waals surface area (Å²) in [6.45, 7) is 22.9. The summed E-state index contributed by atoms with van der Waals surface area (Å²) in [5.41, 5.74) is 5.03. The minimum absolute atomic E-state index is 0.292. The molecule has 0 fully saturated rings. The van der Waals surface area contributed by atoms with E-state index >= 15 is 0 Å². The first-order chi connectivity index (χ1) is 18.0. The molecule has 0 aliphatic heterocycles. The van der Waals surface area contributed by atoms with Gasteiger partial charge < -0.3 is 14.6 Å². The number of hydrogen-bond donors (Lipinski definition) is 1. The van der Waals surface area contributed by atoms with Gasteiger partial charge in [0.05, 0.1) is 0 Å². The molecule has 5 heteroatoms. The van der Waals surface area contributed by atoms with Gasteiger partial charge in [-0.3, -0.25) is 0 Å². The maximum absolute atomic E-state index is 12.4. The number of carbonyl (C=O) groups excluding carboxylic acids is 2. The molecule has 0 spiro atoms. The molecule has 5 nitrogen and oxygen atoms in total. The fourth-order valence-electron chi connectivity index (χ4n) is 4.04. The lowest BCUT2D eigenvalue weighted by Gasteiger charge is -2.28. The molecule has 0 aliphatic rings. The van der Waals surface area contributed by atoms with E-state index in [0.29, 0.717) is 28.4 Å². The Morgan fingerprint density at radius 1 is 0.615 bits per heavy atom. The van der Waals surface area contributed by atoms with Gasteiger partial charge in [0.25, 0.3) is 0 Å². The highest BCUT2D eigenvalue weighted by Crippen LogP contribution is 2.43. The van der Waals surface area contributed by atoms with Crippen LogP contribution in [0.25, 0.3) is 22.3 Å². The zero-order valence-electron chi connectivity index (χ0n) is 24.2. The predicted octanol–water partition coefficient (Wildman–Crippen LogP) is 8.28. The summed E-state index contributed by atoms with van der Waals surface area (Å²) in [6.07, 6.45) is 0. The minimum Gasteiger partial charge on any atom is -0.507 e. The highest BCUT2D eigenvalue weighted by atomic mass is 16.5. The molecular weight excluding hydrogens is 488 g/mol. The molecule has 39 heavy (non-hydrogen) atoms. The molecule has 0 amide bonds. The number of carbonyl (C=O) groups is 2. The Hall–Kier alpha value is -4.12. The summed E-state index contributed by atoms with van der Waals surface area (Å²) in [5, 5.41) is 11.2. The van der Waals surface area contributed by atoms with E-state index in [2.05, 4.69) is 54.7 Å². The highest BCUT2D eigenvalue weighted by molar-refractivity contribution is 5.90. The van der Waals surface area contributed by atoms with Gasteiger partial charge in [0, 0.05) is 22.3 Å². The van der Waals surface area contributed by atoms with Crippen LogP contribution in [0.4, 0.5) is 0 Å². The van der Waals surface area contributed by atoms with E-state index in [0.717, 1.165) is 33.4 Å². The summed E-state index contributed by atoms with van der Waals surface area (Å²) in [4.78, 5) is 24.3. The van der Waals surface area contributed by atoms with E-state index in [-0.39, 0.29) is 10.8 Å². The number of aromatic hydroxyl groups is 1. The van der Waals surface area contributed by atoms with E-state index in [1.165, 1.54) is 0 Å². The first-order valence-corrected chi connectivity index (χ1v) is 12.9. The van der Waals surface area contributed by atoms with Crippen LogP contribution in [0.1, 0.15) is 66.5 Å². The average Bonchev–Trinajstić information content (AvgIpc) is 2.82. The second-order valence-electron chi connectivity index (χ2n) is 12.0. The van der Waals surface area contributed by atoms with Crippen molar-refractivity contribution in [1.82, 2.24) is 0 Å². The van der Waals surface area contributed by atoms with Gasteiger partial charge in [-0.1, -0.05) is 66.8 Å². The normalized spacial score (nSPS) is 11.6. The molecule has 0 aliphatic carbocycles. The molecule has 0 unspecified atom stereocenters. The van der Waals surface area contributed by atoms with Crippen molar-refractivity contribution in [3.63, 3.8) is 0 Å². The molecule has 3 aromatic rings. The summed E-state index contributed by atoms with van der Waals surface area (Å²) in [5.74, 6) is 0.0618. The SMILES string of the molecule is C=C(C)C(=O)Oc1ccc(-c2cc(OC(=O)C(=C)C)cc(-c3cc(C(C)(C)C)c(O)c(C(C)(C)C)c3)c2)cc1. The molecule has 0 aromatic heterocycles. The Kier molecular flexibility index (Phi) is 8.25. The first kappa shape index (κ1) is 29.4. The van der Waals surface area contributed by atoms with E-state index < -0.39 is 11.9 Å². The maximum atomic E-state index is 12.4. The molecule has 0 radical (unpaired) electrons. The van der Waals surface area contributed by atoms with E-state index in [4.69, 9.17) is 9.47 Å². The molecule has 0 atom stereocenters. The predicted molar refractivity (Wildman–Crippen MR) is 157 cm³/mol. The Morgan fingerprint density at radius 2 is 1.00 bits per heavy atom. The van der Waals surface area contributed by atoms with Crippen LogP contribution in [0.3, 0.4) is 0 Å². The van der Waals surface area contributed by atoms with Crippen molar-refractivity contribution < 1.29 is 24.2 Å². The monoisotopic (exact) mass is 526 g/mol. The molecule has 0 heterocycles. The fourth-order valence-corrected chi connectivity index (χ4v) is 4.04. The van der Waals surface area contributed by atoms with Crippen molar-refractivity contribution in [2.45, 2.75) is 66.2 Å². The van der Waals surface area contributed by atoms with Crippen molar-refractivity contribution in [3.8, 4) is 39.5 Å². The zero-order valence-corrected chi connectivity index (χ0v) is 24.2. The van der Waals surface area contributed by atoms with Crippen molar-refractivity contribution in [3.05, 3.63) is 90.0 Å². The molecule has 0 saturated carbocycles. The lowest BCUT2D eigenvalue weighted by Crippen LogP contribution is -2.17. The molecule has 0 saturated heterocycles. The summed E-state index contributed by atoms with van der Waals surface area (Å²) < 4.78 is 11.0. The lowest BCUT2D eigenvalue weighted by molar-refractivity contribution is -0.130. The Morgan fingerprint density at radius 3 is 1.41 bits per heavy atom. The van der Waals surface area contributed by atoms with Crippen LogP contribution in [-0.2, 0) is 20.4 Å². The van der Waals surface area contributed by atoms with Crippen molar-refractivity contribution in [2.75, 3.05) is 0 Å². The molecule has 1 N–H and O–H groups in total. The molecule has 3 rings (SSSR count). The van der Waals surface area contributed by atoms with E-state index in [1.54, 1.807) is 32.0 Å². The van der Waals surface area contributed by atoms with E-state index in [9.17, 15) is 14.7 Å². The van der Waals surface area contributed by atoms with Crippen LogP contribution < -0.4 is 9.47 Å². The third-order valence-corrected chi connectivity index (χ3v) is 6.27. The minimum atomic E-state index is -0.517. The van der Waals surface area contributed by atoms with Gasteiger partial charge in [-0.05, 0) is 89.4 Å². The van der Waals surface area contributed by atoms with Crippen LogP contribution in [0.15, 0.2) is 78.9 Å². The summed E-state index contributed by atoms with van der Waals surface area (Å²) in [7, 11) is 0. The molecule has 3 aromatic carbocycles. The van der Waals surface area contributed by atoms with Crippen molar-refractivity contribution >= 4 is 11.9 Å². The number of esters is 2.